The zero-order chi connectivity index (χ0) is 16.5. The molecule has 0 heterocycles. The number of amides is 1. The molecule has 3 N–H and O–H groups in total. The van der Waals surface area contributed by atoms with Crippen molar-refractivity contribution in [3.8, 4) is 5.75 Å². The number of benzene rings is 1. The van der Waals surface area contributed by atoms with Gasteiger partial charge in [0, 0.05) is 6.54 Å². The van der Waals surface area contributed by atoms with Crippen molar-refractivity contribution in [2.45, 2.75) is 27.2 Å². The summed E-state index contributed by atoms with van der Waals surface area (Å²) in [6.45, 7) is 6.80. The van der Waals surface area contributed by atoms with Crippen molar-refractivity contribution in [1.29, 1.82) is 0 Å². The highest BCUT2D eigenvalue weighted by molar-refractivity contribution is 7.80. The zero-order valence-electron chi connectivity index (χ0n) is 13.0. The Kier molecular flexibility index (Phi) is 7.98. The molecule has 1 aromatic carbocycles. The average molecular weight is 344 g/mol. The first-order chi connectivity index (χ1) is 10.4. The summed E-state index contributed by atoms with van der Waals surface area (Å²) >= 11 is 11.0. The summed E-state index contributed by atoms with van der Waals surface area (Å²) in [5.74, 6) is 0.734. The van der Waals surface area contributed by atoms with Crippen LogP contribution in [-0.2, 0) is 4.79 Å². The molecule has 0 unspecified atom stereocenters. The van der Waals surface area contributed by atoms with Gasteiger partial charge in [0.15, 0.2) is 11.7 Å². The molecule has 0 bridgehead atoms. The Morgan fingerprint density at radius 2 is 2.09 bits per heavy atom. The molecule has 0 aliphatic rings. The van der Waals surface area contributed by atoms with Gasteiger partial charge in [-0.05, 0) is 49.2 Å². The van der Waals surface area contributed by atoms with Crippen LogP contribution in [0.25, 0.3) is 0 Å². The fourth-order valence-corrected chi connectivity index (χ4v) is 1.87. The maximum absolute atomic E-state index is 11.7. The lowest BCUT2D eigenvalue weighted by molar-refractivity contribution is -0.123. The minimum absolute atomic E-state index is 0.148. The molecule has 122 valence electrons. The van der Waals surface area contributed by atoms with Gasteiger partial charge < -0.3 is 10.1 Å². The predicted molar refractivity (Wildman–Crippen MR) is 93.0 cm³/mol. The molecule has 7 heteroatoms. The number of nitrogens with one attached hydrogen (secondary N) is 3. The summed E-state index contributed by atoms with van der Waals surface area (Å²) in [4.78, 5) is 11.7. The van der Waals surface area contributed by atoms with E-state index in [1.54, 1.807) is 12.1 Å². The monoisotopic (exact) mass is 343 g/mol. The SMILES string of the molecule is Cc1ccc(Cl)c(OCC(=O)NNC(=S)NCCC(C)C)c1. The quantitative estimate of drug-likeness (QED) is 0.547. The number of halogens is 1. The molecule has 0 saturated carbocycles. The highest BCUT2D eigenvalue weighted by Gasteiger charge is 2.06. The lowest BCUT2D eigenvalue weighted by Gasteiger charge is -2.13. The van der Waals surface area contributed by atoms with Gasteiger partial charge in [-0.3, -0.25) is 15.6 Å². The maximum atomic E-state index is 11.7. The van der Waals surface area contributed by atoms with Crippen LogP contribution < -0.4 is 20.9 Å². The van der Waals surface area contributed by atoms with E-state index in [0.717, 1.165) is 18.5 Å². The largest absolute Gasteiger partial charge is 0.482 e. The number of aryl methyl sites for hydroxylation is 1. The number of carbonyl (C=O) groups is 1. The molecule has 1 rings (SSSR count). The molecule has 5 nitrogen and oxygen atoms in total. The Hall–Kier alpha value is -1.53. The average Bonchev–Trinajstić information content (AvgIpc) is 2.45. The molecule has 1 amide bonds. The van der Waals surface area contributed by atoms with E-state index in [2.05, 4.69) is 30.0 Å². The van der Waals surface area contributed by atoms with Crippen LogP contribution in [-0.4, -0.2) is 24.2 Å². The van der Waals surface area contributed by atoms with E-state index in [1.165, 1.54) is 0 Å². The Balaban J connectivity index is 2.26. The van der Waals surface area contributed by atoms with E-state index in [-0.39, 0.29) is 12.5 Å². The van der Waals surface area contributed by atoms with Gasteiger partial charge in [0.1, 0.15) is 5.75 Å². The summed E-state index contributed by atoms with van der Waals surface area (Å²) < 4.78 is 5.38. The number of hydrazine groups is 1. The third-order valence-corrected chi connectivity index (χ3v) is 3.33. The molecule has 0 aliphatic carbocycles. The molecular weight excluding hydrogens is 322 g/mol. The first-order valence-electron chi connectivity index (χ1n) is 7.10. The van der Waals surface area contributed by atoms with E-state index in [4.69, 9.17) is 28.6 Å². The second-order valence-electron chi connectivity index (χ2n) is 5.33. The molecule has 0 saturated heterocycles. The van der Waals surface area contributed by atoms with E-state index in [1.807, 2.05) is 13.0 Å². The number of ether oxygens (including phenoxy) is 1. The second kappa shape index (κ2) is 9.48. The minimum Gasteiger partial charge on any atom is -0.482 e. The Morgan fingerprint density at radius 3 is 2.77 bits per heavy atom. The molecule has 0 radical (unpaired) electrons. The standard InChI is InChI=1S/C15H22ClN3O2S/c1-10(2)6-7-17-15(22)19-18-14(20)9-21-13-8-11(3)4-5-12(13)16/h4-5,8,10H,6-7,9H2,1-3H3,(H,18,20)(H2,17,19,22). The van der Waals surface area contributed by atoms with Crippen molar-refractivity contribution in [3.63, 3.8) is 0 Å². The van der Waals surface area contributed by atoms with Crippen LogP contribution in [0.15, 0.2) is 18.2 Å². The lowest BCUT2D eigenvalue weighted by atomic mass is 10.1. The predicted octanol–water partition coefficient (Wildman–Crippen LogP) is 2.57. The van der Waals surface area contributed by atoms with Gasteiger partial charge in [0.2, 0.25) is 0 Å². The van der Waals surface area contributed by atoms with E-state index >= 15 is 0 Å². The third kappa shape index (κ3) is 7.47. The molecule has 1 aromatic rings. The Labute approximate surface area is 141 Å². The maximum Gasteiger partial charge on any atom is 0.276 e. The highest BCUT2D eigenvalue weighted by Crippen LogP contribution is 2.24. The van der Waals surface area contributed by atoms with Crippen molar-refractivity contribution < 1.29 is 9.53 Å². The van der Waals surface area contributed by atoms with Crippen LogP contribution >= 0.6 is 23.8 Å². The highest BCUT2D eigenvalue weighted by atomic mass is 35.5. The van der Waals surface area contributed by atoms with Gasteiger partial charge in [0.25, 0.3) is 5.91 Å². The van der Waals surface area contributed by atoms with Crippen molar-refractivity contribution >= 4 is 34.8 Å². The van der Waals surface area contributed by atoms with Crippen LogP contribution in [0.4, 0.5) is 0 Å². The van der Waals surface area contributed by atoms with E-state index < -0.39 is 0 Å². The third-order valence-electron chi connectivity index (χ3n) is 2.77. The van der Waals surface area contributed by atoms with Gasteiger partial charge in [-0.15, -0.1) is 0 Å². The summed E-state index contributed by atoms with van der Waals surface area (Å²) in [5.41, 5.74) is 6.10. The van der Waals surface area contributed by atoms with Crippen LogP contribution in [0.5, 0.6) is 5.75 Å². The molecular formula is C15H22ClN3O2S. The minimum atomic E-state index is -0.342. The number of rotatable bonds is 6. The summed E-state index contributed by atoms with van der Waals surface area (Å²) in [5, 5.41) is 3.85. The number of carbonyl (C=O) groups excluding carboxylic acids is 1. The fraction of sp³-hybridized carbons (Fsp3) is 0.467. The van der Waals surface area contributed by atoms with Gasteiger partial charge in [-0.1, -0.05) is 31.5 Å². The summed E-state index contributed by atoms with van der Waals surface area (Å²) in [7, 11) is 0. The first-order valence-corrected chi connectivity index (χ1v) is 7.88. The zero-order valence-corrected chi connectivity index (χ0v) is 14.6. The first kappa shape index (κ1) is 18.5. The normalized spacial score (nSPS) is 10.2. The molecule has 22 heavy (non-hydrogen) atoms. The second-order valence-corrected chi connectivity index (χ2v) is 6.15. The Bertz CT molecular complexity index is 524. The number of hydrogen-bond donors (Lipinski definition) is 3. The summed E-state index contributed by atoms with van der Waals surface area (Å²) in [6.07, 6.45) is 1.00. The number of hydrogen-bond acceptors (Lipinski definition) is 3. The van der Waals surface area contributed by atoms with E-state index in [9.17, 15) is 4.79 Å². The van der Waals surface area contributed by atoms with Crippen molar-refractivity contribution in [2.24, 2.45) is 5.92 Å². The topological polar surface area (TPSA) is 62.4 Å². The van der Waals surface area contributed by atoms with Gasteiger partial charge in [0.05, 0.1) is 5.02 Å². The van der Waals surface area contributed by atoms with Crippen LogP contribution in [0.2, 0.25) is 5.02 Å². The molecule has 0 atom stereocenters. The molecule has 0 aliphatic heterocycles. The van der Waals surface area contributed by atoms with Crippen LogP contribution in [0, 0.1) is 12.8 Å². The molecule has 0 fully saturated rings. The smallest absolute Gasteiger partial charge is 0.276 e. The van der Waals surface area contributed by atoms with E-state index in [0.29, 0.717) is 21.8 Å². The van der Waals surface area contributed by atoms with Gasteiger partial charge in [-0.25, -0.2) is 0 Å². The van der Waals surface area contributed by atoms with Crippen molar-refractivity contribution in [2.75, 3.05) is 13.2 Å². The molecule has 0 aromatic heterocycles. The molecule has 0 spiro atoms. The van der Waals surface area contributed by atoms with Crippen LogP contribution in [0.3, 0.4) is 0 Å². The Morgan fingerprint density at radius 1 is 1.36 bits per heavy atom. The van der Waals surface area contributed by atoms with Crippen molar-refractivity contribution in [3.05, 3.63) is 28.8 Å². The number of thiocarbonyl (C=S) groups is 1. The van der Waals surface area contributed by atoms with Gasteiger partial charge in [-0.2, -0.15) is 0 Å². The van der Waals surface area contributed by atoms with Crippen LogP contribution in [0.1, 0.15) is 25.8 Å². The van der Waals surface area contributed by atoms with Gasteiger partial charge >= 0.3 is 0 Å². The lowest BCUT2D eigenvalue weighted by Crippen LogP contribution is -2.48. The summed E-state index contributed by atoms with van der Waals surface area (Å²) in [6, 6.07) is 5.38. The fourth-order valence-electron chi connectivity index (χ4n) is 1.55. The van der Waals surface area contributed by atoms with Crippen molar-refractivity contribution in [1.82, 2.24) is 16.2 Å².